The molecule has 0 saturated heterocycles. The maximum atomic E-state index is 6.14. The molecule has 1 atom stereocenters. The van der Waals surface area contributed by atoms with E-state index in [2.05, 4.69) is 66.8 Å². The lowest BCUT2D eigenvalue weighted by molar-refractivity contribution is 1.70. The predicted octanol–water partition coefficient (Wildman–Crippen LogP) is 3.50. The first-order chi connectivity index (χ1) is 8.80. The lowest BCUT2D eigenvalue weighted by Crippen LogP contribution is -2.19. The molecule has 0 bridgehead atoms. The second-order valence-electron chi connectivity index (χ2n) is 4.63. The van der Waals surface area contributed by atoms with Crippen molar-refractivity contribution in [1.82, 2.24) is 0 Å². The molecular formula is C16H11PS. The molecule has 2 aromatic carbocycles. The van der Waals surface area contributed by atoms with Crippen LogP contribution in [0.15, 0.2) is 59.9 Å². The molecule has 2 aliphatic heterocycles. The molecule has 2 aliphatic rings. The zero-order valence-electron chi connectivity index (χ0n) is 9.71. The molecular weight excluding hydrogens is 255 g/mol. The molecule has 0 nitrogen and oxygen atoms in total. The summed E-state index contributed by atoms with van der Waals surface area (Å²) in [7, 11) is 0. The van der Waals surface area contributed by atoms with Crippen LogP contribution in [0.5, 0.6) is 0 Å². The van der Waals surface area contributed by atoms with E-state index in [0.29, 0.717) is 0 Å². The monoisotopic (exact) mass is 266 g/mol. The first kappa shape index (κ1) is 10.5. The molecule has 0 fully saturated rings. The normalized spacial score (nSPS) is 23.0. The Bertz CT molecular complexity index is 762. The molecule has 1 unspecified atom stereocenters. The van der Waals surface area contributed by atoms with Gasteiger partial charge < -0.3 is 0 Å². The van der Waals surface area contributed by atoms with Gasteiger partial charge in [0.15, 0.2) is 0 Å². The van der Waals surface area contributed by atoms with Gasteiger partial charge in [0.25, 0.3) is 0 Å². The molecule has 0 saturated carbocycles. The van der Waals surface area contributed by atoms with Crippen molar-refractivity contribution in [3.05, 3.63) is 71.0 Å². The molecule has 2 aromatic rings. The van der Waals surface area contributed by atoms with Crippen molar-refractivity contribution in [3.8, 4) is 0 Å². The maximum Gasteiger partial charge on any atom is 0.0391 e. The molecule has 0 radical (unpaired) electrons. The molecule has 2 heteroatoms. The Labute approximate surface area is 112 Å². The summed E-state index contributed by atoms with van der Waals surface area (Å²) in [5, 5.41) is 4.03. The van der Waals surface area contributed by atoms with Crippen molar-refractivity contribution in [2.75, 3.05) is 0 Å². The lowest BCUT2D eigenvalue weighted by Gasteiger charge is -2.26. The zero-order valence-corrected chi connectivity index (χ0v) is 11.4. The van der Waals surface area contributed by atoms with Gasteiger partial charge in [0.05, 0.1) is 0 Å². The summed E-state index contributed by atoms with van der Waals surface area (Å²) in [5.74, 6) is 0. The Hall–Kier alpha value is -1.43. The van der Waals surface area contributed by atoms with Crippen LogP contribution < -0.4 is 10.6 Å². The van der Waals surface area contributed by atoms with E-state index in [9.17, 15) is 0 Å². The Morgan fingerprint density at radius 2 is 1.33 bits per heavy atom. The fraction of sp³-hybridized carbons (Fsp3) is 0. The van der Waals surface area contributed by atoms with Crippen LogP contribution in [0.2, 0.25) is 0 Å². The van der Waals surface area contributed by atoms with Crippen molar-refractivity contribution in [2.45, 2.75) is 0 Å². The van der Waals surface area contributed by atoms with E-state index >= 15 is 0 Å². The van der Waals surface area contributed by atoms with Crippen molar-refractivity contribution in [3.63, 3.8) is 0 Å². The van der Waals surface area contributed by atoms with Crippen LogP contribution in [0, 0.1) is 0 Å². The SMILES string of the molecule is S=P12C(=Cc3ccccc31)C=Cc1ccccc12. The summed E-state index contributed by atoms with van der Waals surface area (Å²) in [6.45, 7) is 0. The van der Waals surface area contributed by atoms with Gasteiger partial charge in [0, 0.05) is 16.6 Å². The summed E-state index contributed by atoms with van der Waals surface area (Å²) in [4.78, 5) is 0. The minimum Gasteiger partial charge on any atom is -0.0826 e. The molecule has 0 aliphatic carbocycles. The van der Waals surface area contributed by atoms with E-state index in [1.54, 1.807) is 0 Å². The number of hydrogen-bond donors (Lipinski definition) is 0. The van der Waals surface area contributed by atoms with Crippen LogP contribution in [0.25, 0.3) is 12.2 Å². The van der Waals surface area contributed by atoms with Crippen molar-refractivity contribution < 1.29 is 0 Å². The van der Waals surface area contributed by atoms with Gasteiger partial charge in [-0.15, -0.1) is 0 Å². The highest BCUT2D eigenvalue weighted by Gasteiger charge is 2.35. The fourth-order valence-corrected chi connectivity index (χ4v) is 7.16. The quantitative estimate of drug-likeness (QED) is 0.658. The maximum absolute atomic E-state index is 6.14. The van der Waals surface area contributed by atoms with Gasteiger partial charge >= 0.3 is 0 Å². The van der Waals surface area contributed by atoms with Crippen molar-refractivity contribution >= 4 is 40.6 Å². The lowest BCUT2D eigenvalue weighted by atomic mass is 10.2. The molecule has 0 amide bonds. The smallest absolute Gasteiger partial charge is 0.0391 e. The summed E-state index contributed by atoms with van der Waals surface area (Å²) in [6.07, 6.45) is 6.67. The largest absolute Gasteiger partial charge is 0.0826 e. The van der Waals surface area contributed by atoms with E-state index in [1.807, 2.05) is 0 Å². The van der Waals surface area contributed by atoms with Gasteiger partial charge in [-0.1, -0.05) is 72.5 Å². The summed E-state index contributed by atoms with van der Waals surface area (Å²) >= 11 is 6.14. The number of fused-ring (bicyclic) bond motifs is 5. The third-order valence-electron chi connectivity index (χ3n) is 3.65. The molecule has 0 N–H and O–H groups in total. The molecule has 18 heavy (non-hydrogen) atoms. The van der Waals surface area contributed by atoms with Crippen molar-refractivity contribution in [1.29, 1.82) is 0 Å². The van der Waals surface area contributed by atoms with Crippen LogP contribution in [0.1, 0.15) is 11.1 Å². The van der Waals surface area contributed by atoms with Gasteiger partial charge in [-0.25, -0.2) is 0 Å². The Balaban J connectivity index is 2.13. The third-order valence-corrected chi connectivity index (χ3v) is 8.64. The fourth-order valence-electron chi connectivity index (χ4n) is 2.80. The second-order valence-corrected chi connectivity index (χ2v) is 8.97. The standard InChI is InChI=1S/C16H11PS/c18-17-14(11-13-6-2-4-8-16(13)17)10-9-12-5-1-3-7-15(12)17/h1-11H. The van der Waals surface area contributed by atoms with E-state index < -0.39 is 6.04 Å². The molecule has 0 aromatic heterocycles. The topological polar surface area (TPSA) is 0 Å². The number of allylic oxidation sites excluding steroid dienone is 2. The second kappa shape index (κ2) is 3.54. The van der Waals surface area contributed by atoms with E-state index in [4.69, 9.17) is 11.8 Å². The number of hydrogen-bond acceptors (Lipinski definition) is 1. The summed E-state index contributed by atoms with van der Waals surface area (Å²) in [6, 6.07) is 15.4. The summed E-state index contributed by atoms with van der Waals surface area (Å²) in [5.41, 5.74) is 2.59. The zero-order chi connectivity index (χ0) is 12.2. The molecule has 2 heterocycles. The minimum absolute atomic E-state index is 1.29. The first-order valence-corrected chi connectivity index (χ1v) is 8.80. The molecule has 86 valence electrons. The number of rotatable bonds is 0. The van der Waals surface area contributed by atoms with Crippen LogP contribution >= 0.6 is 6.04 Å². The average molecular weight is 266 g/mol. The minimum atomic E-state index is -1.75. The Morgan fingerprint density at radius 3 is 2.11 bits per heavy atom. The van der Waals surface area contributed by atoms with Crippen LogP contribution in [0.3, 0.4) is 0 Å². The van der Waals surface area contributed by atoms with Gasteiger partial charge in [-0.3, -0.25) is 0 Å². The van der Waals surface area contributed by atoms with Gasteiger partial charge in [-0.05, 0) is 22.5 Å². The van der Waals surface area contributed by atoms with Gasteiger partial charge in [0.1, 0.15) is 0 Å². The predicted molar refractivity (Wildman–Crippen MR) is 83.4 cm³/mol. The van der Waals surface area contributed by atoms with Crippen molar-refractivity contribution in [2.24, 2.45) is 0 Å². The van der Waals surface area contributed by atoms with E-state index in [0.717, 1.165) is 0 Å². The van der Waals surface area contributed by atoms with Crippen LogP contribution in [-0.4, -0.2) is 0 Å². The van der Waals surface area contributed by atoms with Gasteiger partial charge in [-0.2, -0.15) is 0 Å². The molecule has 4 rings (SSSR count). The molecule has 0 spiro atoms. The van der Waals surface area contributed by atoms with Gasteiger partial charge in [0.2, 0.25) is 0 Å². The van der Waals surface area contributed by atoms with Crippen LogP contribution in [0.4, 0.5) is 0 Å². The van der Waals surface area contributed by atoms with Crippen LogP contribution in [-0.2, 0) is 11.8 Å². The highest BCUT2D eigenvalue weighted by molar-refractivity contribution is 8.24. The summed E-state index contributed by atoms with van der Waals surface area (Å²) < 4.78 is 0. The first-order valence-electron chi connectivity index (χ1n) is 6.00. The third kappa shape index (κ3) is 1.19. The Kier molecular flexibility index (Phi) is 2.06. The highest BCUT2D eigenvalue weighted by Crippen LogP contribution is 2.60. The number of benzene rings is 2. The highest BCUT2D eigenvalue weighted by atomic mass is 32.4. The van der Waals surface area contributed by atoms with E-state index in [-0.39, 0.29) is 0 Å². The van der Waals surface area contributed by atoms with E-state index in [1.165, 1.54) is 27.1 Å². The average Bonchev–Trinajstić information content (AvgIpc) is 2.73. The Morgan fingerprint density at radius 1 is 0.722 bits per heavy atom.